The average molecular weight is 530 g/mol. The van der Waals surface area contributed by atoms with Crippen LogP contribution in [0.2, 0.25) is 0 Å². The van der Waals surface area contributed by atoms with Crippen molar-refractivity contribution in [3.63, 3.8) is 0 Å². The number of amides is 2. The van der Waals surface area contributed by atoms with E-state index in [-0.39, 0.29) is 17.1 Å². The number of aryl methyl sites for hydroxylation is 1. The highest BCUT2D eigenvalue weighted by Gasteiger charge is 2.32. The van der Waals surface area contributed by atoms with Crippen LogP contribution < -0.4 is 9.62 Å². The molecule has 0 saturated carbocycles. The number of rotatable bonds is 10. The standard InChI is InChI=1S/C27H29F2N3O4S/c1-4-30-27(34)20(3)31(17-21-7-9-22(28)10-8-21)26(33)18-32(24-13-5-19(2)6-14-24)37(35,36)25-15-11-23(29)12-16-25/h5-16,20H,4,17-18H2,1-3H3,(H,30,34)/t20-/m0/s1. The molecule has 7 nitrogen and oxygen atoms in total. The maximum atomic E-state index is 13.7. The molecule has 37 heavy (non-hydrogen) atoms. The molecule has 0 radical (unpaired) electrons. The van der Waals surface area contributed by atoms with Gasteiger partial charge in [-0.25, -0.2) is 17.2 Å². The number of benzene rings is 3. The molecule has 0 unspecified atom stereocenters. The number of sulfonamides is 1. The summed E-state index contributed by atoms with van der Waals surface area (Å²) in [7, 11) is -4.28. The van der Waals surface area contributed by atoms with Crippen LogP contribution in [-0.4, -0.2) is 44.3 Å². The highest BCUT2D eigenvalue weighted by molar-refractivity contribution is 7.92. The van der Waals surface area contributed by atoms with Gasteiger partial charge in [-0.15, -0.1) is 0 Å². The van der Waals surface area contributed by atoms with Gasteiger partial charge in [-0.05, 0) is 74.9 Å². The van der Waals surface area contributed by atoms with Crippen LogP contribution in [0.15, 0.2) is 77.7 Å². The fourth-order valence-electron chi connectivity index (χ4n) is 3.66. The fourth-order valence-corrected chi connectivity index (χ4v) is 5.08. The maximum Gasteiger partial charge on any atom is 0.264 e. The van der Waals surface area contributed by atoms with E-state index in [0.29, 0.717) is 12.1 Å². The van der Waals surface area contributed by atoms with Gasteiger partial charge >= 0.3 is 0 Å². The number of hydrogen-bond acceptors (Lipinski definition) is 4. The molecule has 0 aliphatic rings. The largest absolute Gasteiger partial charge is 0.355 e. The highest BCUT2D eigenvalue weighted by Crippen LogP contribution is 2.25. The first-order valence-corrected chi connectivity index (χ1v) is 13.1. The minimum atomic E-state index is -4.28. The van der Waals surface area contributed by atoms with Crippen molar-refractivity contribution in [3.8, 4) is 0 Å². The Bertz CT molecular complexity index is 1330. The smallest absolute Gasteiger partial charge is 0.264 e. The molecular formula is C27H29F2N3O4S. The van der Waals surface area contributed by atoms with Gasteiger partial charge in [-0.1, -0.05) is 29.8 Å². The summed E-state index contributed by atoms with van der Waals surface area (Å²) in [6, 6.07) is 15.4. The summed E-state index contributed by atoms with van der Waals surface area (Å²) < 4.78 is 55.1. The molecule has 3 rings (SSSR count). The lowest BCUT2D eigenvalue weighted by Gasteiger charge is -2.32. The molecule has 0 aliphatic carbocycles. The van der Waals surface area contributed by atoms with E-state index in [2.05, 4.69) is 5.32 Å². The molecule has 3 aromatic rings. The van der Waals surface area contributed by atoms with Crippen LogP contribution in [-0.2, 0) is 26.2 Å². The van der Waals surface area contributed by atoms with Crippen molar-refractivity contribution >= 4 is 27.5 Å². The van der Waals surface area contributed by atoms with Crippen molar-refractivity contribution in [2.24, 2.45) is 0 Å². The van der Waals surface area contributed by atoms with Crippen molar-refractivity contribution < 1.29 is 26.8 Å². The highest BCUT2D eigenvalue weighted by atomic mass is 32.2. The molecule has 0 fully saturated rings. The van der Waals surface area contributed by atoms with Crippen LogP contribution in [0.4, 0.5) is 14.5 Å². The predicted molar refractivity (Wildman–Crippen MR) is 137 cm³/mol. The Labute approximate surface area is 215 Å². The Morgan fingerprint density at radius 2 is 1.43 bits per heavy atom. The molecular weight excluding hydrogens is 500 g/mol. The van der Waals surface area contributed by atoms with E-state index in [1.54, 1.807) is 31.2 Å². The first kappa shape index (κ1) is 27.8. The molecule has 0 spiro atoms. The number of nitrogens with one attached hydrogen (secondary N) is 1. The van der Waals surface area contributed by atoms with E-state index in [4.69, 9.17) is 0 Å². The molecule has 196 valence electrons. The van der Waals surface area contributed by atoms with Gasteiger partial charge in [0.2, 0.25) is 11.8 Å². The van der Waals surface area contributed by atoms with Gasteiger partial charge in [-0.3, -0.25) is 13.9 Å². The second-order valence-electron chi connectivity index (χ2n) is 8.52. The van der Waals surface area contributed by atoms with Crippen molar-refractivity contribution in [2.75, 3.05) is 17.4 Å². The summed E-state index contributed by atoms with van der Waals surface area (Å²) in [5.41, 5.74) is 1.68. The van der Waals surface area contributed by atoms with Crippen LogP contribution in [0, 0.1) is 18.6 Å². The second-order valence-corrected chi connectivity index (χ2v) is 10.4. The minimum absolute atomic E-state index is 0.0459. The third-order valence-corrected chi connectivity index (χ3v) is 7.58. The number of likely N-dealkylation sites (N-methyl/N-ethyl adjacent to an activating group) is 1. The summed E-state index contributed by atoms with van der Waals surface area (Å²) >= 11 is 0. The molecule has 1 atom stereocenters. The quantitative estimate of drug-likeness (QED) is 0.430. The summed E-state index contributed by atoms with van der Waals surface area (Å²) in [6.07, 6.45) is 0. The second kappa shape index (κ2) is 12.0. The normalized spacial score (nSPS) is 12.0. The number of carbonyl (C=O) groups excluding carboxylic acids is 2. The van der Waals surface area contributed by atoms with Gasteiger partial charge < -0.3 is 10.2 Å². The monoisotopic (exact) mass is 529 g/mol. The van der Waals surface area contributed by atoms with Crippen molar-refractivity contribution in [2.45, 2.75) is 38.3 Å². The first-order chi connectivity index (χ1) is 17.5. The topological polar surface area (TPSA) is 86.8 Å². The molecule has 10 heteroatoms. The van der Waals surface area contributed by atoms with Crippen LogP contribution in [0.25, 0.3) is 0 Å². The van der Waals surface area contributed by atoms with Crippen LogP contribution in [0.3, 0.4) is 0 Å². The van der Waals surface area contributed by atoms with Gasteiger partial charge in [0.05, 0.1) is 10.6 Å². The molecule has 0 aliphatic heterocycles. The van der Waals surface area contributed by atoms with E-state index < -0.39 is 46.1 Å². The number of hydrogen-bond donors (Lipinski definition) is 1. The zero-order chi connectivity index (χ0) is 27.2. The predicted octanol–water partition coefficient (Wildman–Crippen LogP) is 4.02. The lowest BCUT2D eigenvalue weighted by Crippen LogP contribution is -2.51. The van der Waals surface area contributed by atoms with Crippen molar-refractivity contribution in [1.82, 2.24) is 10.2 Å². The summed E-state index contributed by atoms with van der Waals surface area (Å²) in [4.78, 5) is 27.4. The molecule has 2 amide bonds. The van der Waals surface area contributed by atoms with Crippen molar-refractivity contribution in [1.29, 1.82) is 0 Å². The van der Waals surface area contributed by atoms with Crippen molar-refractivity contribution in [3.05, 3.63) is 95.6 Å². The zero-order valence-corrected chi connectivity index (χ0v) is 21.6. The van der Waals surface area contributed by atoms with E-state index in [9.17, 15) is 26.8 Å². The summed E-state index contributed by atoms with van der Waals surface area (Å²) in [5.74, 6) is -2.11. The van der Waals surface area contributed by atoms with E-state index in [0.717, 1.165) is 34.1 Å². The minimum Gasteiger partial charge on any atom is -0.355 e. The maximum absolute atomic E-state index is 13.7. The Balaban J connectivity index is 2.01. The molecule has 0 heterocycles. The SMILES string of the molecule is CCNC(=O)[C@H](C)N(Cc1ccc(F)cc1)C(=O)CN(c1ccc(C)cc1)S(=O)(=O)c1ccc(F)cc1. The molecule has 0 aromatic heterocycles. The molecule has 0 saturated heterocycles. The molecule has 0 bridgehead atoms. The zero-order valence-electron chi connectivity index (χ0n) is 20.8. The Morgan fingerprint density at radius 1 is 0.892 bits per heavy atom. The number of anilines is 1. The van der Waals surface area contributed by atoms with E-state index in [1.807, 2.05) is 6.92 Å². The molecule has 1 N–H and O–H groups in total. The van der Waals surface area contributed by atoms with Gasteiger partial charge in [-0.2, -0.15) is 0 Å². The lowest BCUT2D eigenvalue weighted by atomic mass is 10.1. The van der Waals surface area contributed by atoms with Gasteiger partial charge in [0, 0.05) is 13.1 Å². The van der Waals surface area contributed by atoms with E-state index >= 15 is 0 Å². The van der Waals surface area contributed by atoms with E-state index in [1.165, 1.54) is 36.1 Å². The third kappa shape index (κ3) is 6.91. The number of nitrogens with zero attached hydrogens (tertiary/aromatic N) is 2. The first-order valence-electron chi connectivity index (χ1n) is 11.7. The van der Waals surface area contributed by atoms with Crippen LogP contribution >= 0.6 is 0 Å². The third-order valence-electron chi connectivity index (χ3n) is 5.79. The van der Waals surface area contributed by atoms with Crippen LogP contribution in [0.1, 0.15) is 25.0 Å². The van der Waals surface area contributed by atoms with Gasteiger partial charge in [0.1, 0.15) is 24.2 Å². The average Bonchev–Trinajstić information content (AvgIpc) is 2.87. The summed E-state index contributed by atoms with van der Waals surface area (Å²) in [6.45, 7) is 4.80. The lowest BCUT2D eigenvalue weighted by molar-refractivity contribution is -0.139. The van der Waals surface area contributed by atoms with Gasteiger partial charge in [0.25, 0.3) is 10.0 Å². The molecule has 3 aromatic carbocycles. The number of carbonyl (C=O) groups is 2. The van der Waals surface area contributed by atoms with Gasteiger partial charge in [0.15, 0.2) is 0 Å². The van der Waals surface area contributed by atoms with Crippen LogP contribution in [0.5, 0.6) is 0 Å². The summed E-state index contributed by atoms with van der Waals surface area (Å²) in [5, 5.41) is 2.67. The fraction of sp³-hybridized carbons (Fsp3) is 0.259. The Kier molecular flexibility index (Phi) is 8.99. The Hall–Kier alpha value is -3.79. The Morgan fingerprint density at radius 3 is 1.97 bits per heavy atom. The number of halogens is 2.